The third-order valence-corrected chi connectivity index (χ3v) is 3.20. The van der Waals surface area contributed by atoms with E-state index < -0.39 is 0 Å². The summed E-state index contributed by atoms with van der Waals surface area (Å²) in [6.07, 6.45) is 1.98. The lowest BCUT2D eigenvalue weighted by molar-refractivity contribution is 0.492. The maximum atomic E-state index is 5.37. The van der Waals surface area contributed by atoms with Crippen LogP contribution in [0.4, 0.5) is 5.69 Å². The number of aromatic nitrogens is 2. The molecular weight excluding hydrogens is 256 g/mol. The summed E-state index contributed by atoms with van der Waals surface area (Å²) in [6.45, 7) is 3.66. The summed E-state index contributed by atoms with van der Waals surface area (Å²) in [6, 6.07) is 11.9. The molecule has 1 heterocycles. The van der Waals surface area contributed by atoms with Crippen molar-refractivity contribution >= 4 is 23.0 Å². The van der Waals surface area contributed by atoms with Crippen LogP contribution in [0, 0.1) is 0 Å². The summed E-state index contributed by atoms with van der Waals surface area (Å²) in [5.41, 5.74) is 2.01. The topological polar surface area (TPSA) is 33.1 Å². The van der Waals surface area contributed by atoms with Gasteiger partial charge in [-0.25, -0.2) is 0 Å². The number of nitrogens with zero attached hydrogens (tertiary/aromatic N) is 3. The molecule has 0 aliphatic carbocycles. The first-order valence-electron chi connectivity index (χ1n) is 6.28. The number of thiocarbonyl (C=S) groups is 1. The number of benzene rings is 1. The fourth-order valence-electron chi connectivity index (χ4n) is 1.72. The van der Waals surface area contributed by atoms with Gasteiger partial charge in [-0.1, -0.05) is 18.2 Å². The molecular formula is C14H18N4S. The highest BCUT2D eigenvalue weighted by atomic mass is 32.1. The Hall–Kier alpha value is -1.88. The van der Waals surface area contributed by atoms with Crippen molar-refractivity contribution in [3.63, 3.8) is 0 Å². The van der Waals surface area contributed by atoms with Crippen molar-refractivity contribution in [2.24, 2.45) is 0 Å². The van der Waals surface area contributed by atoms with Gasteiger partial charge in [0.2, 0.25) is 0 Å². The molecule has 0 saturated heterocycles. The summed E-state index contributed by atoms with van der Waals surface area (Å²) < 4.78 is 1.91. The minimum absolute atomic E-state index is 0.692. The Morgan fingerprint density at radius 3 is 2.68 bits per heavy atom. The number of hydrogen-bond donors (Lipinski definition) is 1. The first-order valence-corrected chi connectivity index (χ1v) is 6.69. The number of hydrogen-bond acceptors (Lipinski definition) is 2. The van der Waals surface area contributed by atoms with E-state index in [0.29, 0.717) is 11.7 Å². The molecule has 0 unspecified atom stereocenters. The Labute approximate surface area is 119 Å². The number of nitrogens with one attached hydrogen (secondary N) is 1. The Morgan fingerprint density at radius 2 is 2.05 bits per heavy atom. The van der Waals surface area contributed by atoms with E-state index in [1.54, 1.807) is 0 Å². The normalized spacial score (nSPS) is 10.2. The lowest BCUT2D eigenvalue weighted by atomic mass is 10.3. The van der Waals surface area contributed by atoms with E-state index in [-0.39, 0.29) is 0 Å². The van der Waals surface area contributed by atoms with Crippen molar-refractivity contribution in [2.75, 3.05) is 12.4 Å². The molecule has 0 atom stereocenters. The zero-order chi connectivity index (χ0) is 13.7. The number of rotatable bonds is 4. The van der Waals surface area contributed by atoms with Gasteiger partial charge in [-0.05, 0) is 37.3 Å². The van der Waals surface area contributed by atoms with E-state index in [1.807, 2.05) is 59.2 Å². The molecule has 0 amide bonds. The van der Waals surface area contributed by atoms with Crippen LogP contribution in [-0.4, -0.2) is 26.8 Å². The molecule has 0 fully saturated rings. The van der Waals surface area contributed by atoms with Crippen LogP contribution >= 0.6 is 12.2 Å². The SMILES string of the molecule is CCn1ccc(CN(C)C(=S)Nc2ccccc2)n1. The second-order valence-electron chi connectivity index (χ2n) is 4.32. The minimum Gasteiger partial charge on any atom is -0.346 e. The van der Waals surface area contributed by atoms with Crippen molar-refractivity contribution in [1.82, 2.24) is 14.7 Å². The van der Waals surface area contributed by atoms with Crippen LogP contribution in [0.25, 0.3) is 0 Å². The molecule has 0 aliphatic heterocycles. The molecule has 0 saturated carbocycles. The largest absolute Gasteiger partial charge is 0.346 e. The summed E-state index contributed by atoms with van der Waals surface area (Å²) in [4.78, 5) is 1.98. The molecule has 1 aromatic heterocycles. The highest BCUT2D eigenvalue weighted by molar-refractivity contribution is 7.80. The van der Waals surface area contributed by atoms with E-state index in [1.165, 1.54) is 0 Å². The second-order valence-corrected chi connectivity index (χ2v) is 4.70. The molecule has 4 nitrogen and oxygen atoms in total. The van der Waals surface area contributed by atoms with Crippen LogP contribution in [-0.2, 0) is 13.1 Å². The molecule has 5 heteroatoms. The third-order valence-electron chi connectivity index (χ3n) is 2.79. The lowest BCUT2D eigenvalue weighted by Gasteiger charge is -2.20. The van der Waals surface area contributed by atoms with Gasteiger partial charge in [-0.2, -0.15) is 5.10 Å². The van der Waals surface area contributed by atoms with Crippen LogP contribution in [0.3, 0.4) is 0 Å². The molecule has 19 heavy (non-hydrogen) atoms. The third kappa shape index (κ3) is 3.79. The quantitative estimate of drug-likeness (QED) is 0.869. The average Bonchev–Trinajstić information content (AvgIpc) is 2.87. The second kappa shape index (κ2) is 6.33. The Kier molecular flexibility index (Phi) is 4.52. The predicted octanol–water partition coefficient (Wildman–Crippen LogP) is 2.73. The first-order chi connectivity index (χ1) is 9.19. The number of anilines is 1. The first kappa shape index (κ1) is 13.5. The summed E-state index contributed by atoms with van der Waals surface area (Å²) in [7, 11) is 1.96. The van der Waals surface area contributed by atoms with Crippen molar-refractivity contribution in [1.29, 1.82) is 0 Å². The van der Waals surface area contributed by atoms with E-state index in [0.717, 1.165) is 17.9 Å². The molecule has 0 radical (unpaired) electrons. The van der Waals surface area contributed by atoms with Gasteiger partial charge in [0.25, 0.3) is 0 Å². The average molecular weight is 274 g/mol. The van der Waals surface area contributed by atoms with Crippen molar-refractivity contribution in [3.05, 3.63) is 48.3 Å². The molecule has 0 aliphatic rings. The monoisotopic (exact) mass is 274 g/mol. The van der Waals surface area contributed by atoms with Gasteiger partial charge in [-0.15, -0.1) is 0 Å². The van der Waals surface area contributed by atoms with E-state index in [4.69, 9.17) is 12.2 Å². The van der Waals surface area contributed by atoms with Gasteiger partial charge < -0.3 is 10.2 Å². The van der Waals surface area contributed by atoms with Crippen molar-refractivity contribution < 1.29 is 0 Å². The molecule has 0 bridgehead atoms. The molecule has 2 aromatic rings. The maximum Gasteiger partial charge on any atom is 0.173 e. The molecule has 1 aromatic carbocycles. The Bertz CT molecular complexity index is 535. The van der Waals surface area contributed by atoms with Gasteiger partial charge in [-0.3, -0.25) is 4.68 Å². The van der Waals surface area contributed by atoms with Crippen LogP contribution in [0.2, 0.25) is 0 Å². The lowest BCUT2D eigenvalue weighted by Crippen LogP contribution is -2.30. The number of aryl methyl sites for hydroxylation is 1. The maximum absolute atomic E-state index is 5.37. The highest BCUT2D eigenvalue weighted by Crippen LogP contribution is 2.08. The van der Waals surface area contributed by atoms with Crippen molar-refractivity contribution in [2.45, 2.75) is 20.0 Å². The molecule has 100 valence electrons. The zero-order valence-corrected chi connectivity index (χ0v) is 12.0. The summed E-state index contributed by atoms with van der Waals surface area (Å²) in [5.74, 6) is 0. The Balaban J connectivity index is 1.92. The smallest absolute Gasteiger partial charge is 0.173 e. The minimum atomic E-state index is 0.692. The zero-order valence-electron chi connectivity index (χ0n) is 11.2. The predicted molar refractivity (Wildman–Crippen MR) is 82.0 cm³/mol. The number of para-hydroxylation sites is 1. The molecule has 2 rings (SSSR count). The Morgan fingerprint density at radius 1 is 1.32 bits per heavy atom. The standard InChI is InChI=1S/C14H18N4S/c1-3-18-10-9-13(16-18)11-17(2)14(19)15-12-7-5-4-6-8-12/h4-10H,3,11H2,1-2H3,(H,15,19). The van der Waals surface area contributed by atoms with Gasteiger partial charge in [0.05, 0.1) is 12.2 Å². The van der Waals surface area contributed by atoms with Gasteiger partial charge >= 0.3 is 0 Å². The van der Waals surface area contributed by atoms with Crippen molar-refractivity contribution in [3.8, 4) is 0 Å². The van der Waals surface area contributed by atoms with Crippen LogP contribution in [0.1, 0.15) is 12.6 Å². The van der Waals surface area contributed by atoms with Crippen LogP contribution < -0.4 is 5.32 Å². The summed E-state index contributed by atoms with van der Waals surface area (Å²) >= 11 is 5.37. The van der Waals surface area contributed by atoms with Crippen LogP contribution in [0.15, 0.2) is 42.6 Å². The fraction of sp³-hybridized carbons (Fsp3) is 0.286. The van der Waals surface area contributed by atoms with E-state index in [9.17, 15) is 0 Å². The molecule has 1 N–H and O–H groups in total. The van der Waals surface area contributed by atoms with Gasteiger partial charge in [0, 0.05) is 25.5 Å². The fourth-order valence-corrected chi connectivity index (χ4v) is 1.90. The van der Waals surface area contributed by atoms with E-state index in [2.05, 4.69) is 17.3 Å². The van der Waals surface area contributed by atoms with Gasteiger partial charge in [0.1, 0.15) is 0 Å². The van der Waals surface area contributed by atoms with E-state index >= 15 is 0 Å². The van der Waals surface area contributed by atoms with Gasteiger partial charge in [0.15, 0.2) is 5.11 Å². The highest BCUT2D eigenvalue weighted by Gasteiger charge is 2.07. The molecule has 0 spiro atoms. The summed E-state index contributed by atoms with van der Waals surface area (Å²) in [5, 5.41) is 8.34. The van der Waals surface area contributed by atoms with Crippen LogP contribution in [0.5, 0.6) is 0 Å².